The first-order chi connectivity index (χ1) is 5.74. The molecule has 0 aromatic carbocycles. The monoisotopic (exact) mass is 171 g/mol. The number of hydrogen-bond donors (Lipinski definition) is 2. The van der Waals surface area contributed by atoms with E-state index in [2.05, 4.69) is 4.90 Å². The highest BCUT2D eigenvalue weighted by molar-refractivity contribution is 5.04. The van der Waals surface area contributed by atoms with E-state index in [9.17, 15) is 0 Å². The van der Waals surface area contributed by atoms with E-state index in [0.29, 0.717) is 12.0 Å². The number of nitrogens with zero attached hydrogens (tertiary/aromatic N) is 1. The van der Waals surface area contributed by atoms with Crippen molar-refractivity contribution in [1.82, 2.24) is 4.90 Å². The first-order valence-electron chi connectivity index (χ1n) is 4.75. The molecule has 1 saturated heterocycles. The Morgan fingerprint density at radius 2 is 2.00 bits per heavy atom. The largest absolute Gasteiger partial charge is 0.396 e. The first kappa shape index (κ1) is 8.48. The molecule has 2 fully saturated rings. The van der Waals surface area contributed by atoms with E-state index in [-0.39, 0.29) is 6.10 Å². The van der Waals surface area contributed by atoms with Crippen LogP contribution in [0.15, 0.2) is 0 Å². The van der Waals surface area contributed by atoms with E-state index in [1.165, 1.54) is 0 Å². The van der Waals surface area contributed by atoms with Crippen molar-refractivity contribution in [3.63, 3.8) is 0 Å². The zero-order valence-electron chi connectivity index (χ0n) is 7.37. The van der Waals surface area contributed by atoms with Gasteiger partial charge in [0.2, 0.25) is 0 Å². The molecule has 0 atom stereocenters. The lowest BCUT2D eigenvalue weighted by Crippen LogP contribution is -2.63. The highest BCUT2D eigenvalue weighted by atomic mass is 16.3. The van der Waals surface area contributed by atoms with Crippen molar-refractivity contribution >= 4 is 0 Å². The molecule has 1 aliphatic carbocycles. The van der Waals surface area contributed by atoms with Crippen LogP contribution < -0.4 is 0 Å². The maximum atomic E-state index is 9.15. The predicted molar refractivity (Wildman–Crippen MR) is 45.8 cm³/mol. The Hall–Kier alpha value is -0.120. The average molecular weight is 171 g/mol. The van der Waals surface area contributed by atoms with Crippen molar-refractivity contribution in [2.45, 2.75) is 25.4 Å². The Morgan fingerprint density at radius 3 is 2.50 bits per heavy atom. The molecule has 0 aromatic rings. The fourth-order valence-corrected chi connectivity index (χ4v) is 2.55. The molecule has 1 aliphatic heterocycles. The molecule has 1 heterocycles. The molecule has 0 radical (unpaired) electrons. The third-order valence-electron chi connectivity index (χ3n) is 3.09. The van der Waals surface area contributed by atoms with Gasteiger partial charge in [0.25, 0.3) is 0 Å². The zero-order valence-corrected chi connectivity index (χ0v) is 7.37. The minimum atomic E-state index is -0.0232. The zero-order chi connectivity index (χ0) is 8.60. The molecule has 0 amide bonds. The molecule has 70 valence electrons. The molecule has 1 saturated carbocycles. The number of aliphatic hydroxyl groups is 2. The van der Waals surface area contributed by atoms with E-state index in [1.807, 2.05) is 0 Å². The molecule has 0 unspecified atom stereocenters. The van der Waals surface area contributed by atoms with Crippen LogP contribution in [-0.4, -0.2) is 47.5 Å². The van der Waals surface area contributed by atoms with Crippen molar-refractivity contribution < 1.29 is 10.2 Å². The van der Waals surface area contributed by atoms with E-state index >= 15 is 0 Å². The van der Waals surface area contributed by atoms with Crippen LogP contribution in [0.1, 0.15) is 19.3 Å². The van der Waals surface area contributed by atoms with Gasteiger partial charge in [-0.05, 0) is 19.3 Å². The molecule has 0 bridgehead atoms. The maximum absolute atomic E-state index is 9.15. The van der Waals surface area contributed by atoms with Gasteiger partial charge in [-0.25, -0.2) is 0 Å². The van der Waals surface area contributed by atoms with E-state index < -0.39 is 0 Å². The summed E-state index contributed by atoms with van der Waals surface area (Å²) >= 11 is 0. The fraction of sp³-hybridized carbons (Fsp3) is 1.00. The standard InChI is InChI=1S/C9H17NO2/c11-3-1-2-10-6-9(7-10)4-8(12)5-9/h8,11-12H,1-7H2. The molecule has 0 aromatic heterocycles. The van der Waals surface area contributed by atoms with Gasteiger partial charge in [0.05, 0.1) is 6.10 Å². The van der Waals surface area contributed by atoms with E-state index in [1.54, 1.807) is 0 Å². The Bertz CT molecular complexity index is 158. The van der Waals surface area contributed by atoms with Crippen LogP contribution in [0.3, 0.4) is 0 Å². The van der Waals surface area contributed by atoms with Gasteiger partial charge in [-0.3, -0.25) is 0 Å². The molecule has 2 N–H and O–H groups in total. The second kappa shape index (κ2) is 2.98. The lowest BCUT2D eigenvalue weighted by molar-refractivity contribution is -0.128. The van der Waals surface area contributed by atoms with Crippen LogP contribution in [0, 0.1) is 5.41 Å². The number of likely N-dealkylation sites (tertiary alicyclic amines) is 1. The summed E-state index contributed by atoms with van der Waals surface area (Å²) in [6.45, 7) is 3.61. The lowest BCUT2D eigenvalue weighted by atomic mass is 9.62. The van der Waals surface area contributed by atoms with Gasteiger partial charge >= 0.3 is 0 Å². The van der Waals surface area contributed by atoms with E-state index in [4.69, 9.17) is 10.2 Å². The summed E-state index contributed by atoms with van der Waals surface area (Å²) in [5.41, 5.74) is 0.481. The third-order valence-corrected chi connectivity index (χ3v) is 3.09. The van der Waals surface area contributed by atoms with Crippen LogP contribution in [0.2, 0.25) is 0 Å². The molecule has 12 heavy (non-hydrogen) atoms. The smallest absolute Gasteiger partial charge is 0.0552 e. The Balaban J connectivity index is 1.64. The Morgan fingerprint density at radius 1 is 1.33 bits per heavy atom. The van der Waals surface area contributed by atoms with Crippen LogP contribution in [0.4, 0.5) is 0 Å². The molecule has 3 heteroatoms. The Labute approximate surface area is 73.0 Å². The molecule has 2 rings (SSSR count). The van der Waals surface area contributed by atoms with E-state index in [0.717, 1.165) is 38.9 Å². The van der Waals surface area contributed by atoms with Crippen LogP contribution in [0.25, 0.3) is 0 Å². The fourth-order valence-electron chi connectivity index (χ4n) is 2.55. The Kier molecular flexibility index (Phi) is 2.10. The number of hydrogen-bond acceptors (Lipinski definition) is 3. The van der Waals surface area contributed by atoms with Crippen LogP contribution in [0.5, 0.6) is 0 Å². The van der Waals surface area contributed by atoms with Crippen molar-refractivity contribution in [2.75, 3.05) is 26.2 Å². The molecule has 3 nitrogen and oxygen atoms in total. The van der Waals surface area contributed by atoms with Crippen LogP contribution >= 0.6 is 0 Å². The lowest BCUT2D eigenvalue weighted by Gasteiger charge is -2.58. The van der Waals surface area contributed by atoms with Gasteiger partial charge in [-0.2, -0.15) is 0 Å². The highest BCUT2D eigenvalue weighted by Gasteiger charge is 2.51. The van der Waals surface area contributed by atoms with Crippen molar-refractivity contribution in [3.05, 3.63) is 0 Å². The van der Waals surface area contributed by atoms with Gasteiger partial charge in [-0.1, -0.05) is 0 Å². The minimum Gasteiger partial charge on any atom is -0.396 e. The topological polar surface area (TPSA) is 43.7 Å². The normalized spacial score (nSPS) is 28.5. The number of rotatable bonds is 3. The summed E-state index contributed by atoms with van der Waals surface area (Å²) in [6, 6.07) is 0. The quantitative estimate of drug-likeness (QED) is 0.619. The summed E-state index contributed by atoms with van der Waals surface area (Å²) in [6.07, 6.45) is 2.87. The average Bonchev–Trinajstić information content (AvgIpc) is 1.91. The second-order valence-corrected chi connectivity index (χ2v) is 4.35. The highest BCUT2D eigenvalue weighted by Crippen LogP contribution is 2.48. The summed E-state index contributed by atoms with van der Waals surface area (Å²) in [4.78, 5) is 2.36. The molecular formula is C9H17NO2. The van der Waals surface area contributed by atoms with Gasteiger partial charge < -0.3 is 15.1 Å². The maximum Gasteiger partial charge on any atom is 0.0552 e. The summed E-state index contributed by atoms with van der Waals surface area (Å²) in [5.74, 6) is 0. The first-order valence-corrected chi connectivity index (χ1v) is 4.75. The van der Waals surface area contributed by atoms with Crippen LogP contribution in [-0.2, 0) is 0 Å². The SMILES string of the molecule is OCCCN1CC2(CC(O)C2)C1. The van der Waals surface area contributed by atoms with Crippen molar-refractivity contribution in [2.24, 2.45) is 5.41 Å². The number of aliphatic hydroxyl groups excluding tert-OH is 2. The molecule has 1 spiro atoms. The van der Waals surface area contributed by atoms with Gasteiger partial charge in [0.15, 0.2) is 0 Å². The van der Waals surface area contributed by atoms with Gasteiger partial charge in [-0.15, -0.1) is 0 Å². The summed E-state index contributed by atoms with van der Waals surface area (Å²) in [5, 5.41) is 17.8. The van der Waals surface area contributed by atoms with Crippen molar-refractivity contribution in [1.29, 1.82) is 0 Å². The van der Waals surface area contributed by atoms with Crippen molar-refractivity contribution in [3.8, 4) is 0 Å². The summed E-state index contributed by atoms with van der Waals surface area (Å²) in [7, 11) is 0. The molecular weight excluding hydrogens is 154 g/mol. The van der Waals surface area contributed by atoms with Gasteiger partial charge in [0, 0.05) is 31.7 Å². The third kappa shape index (κ3) is 1.37. The summed E-state index contributed by atoms with van der Waals surface area (Å²) < 4.78 is 0. The molecule has 2 aliphatic rings. The van der Waals surface area contributed by atoms with Gasteiger partial charge in [0.1, 0.15) is 0 Å². The predicted octanol–water partition coefficient (Wildman–Crippen LogP) is -0.175. The second-order valence-electron chi connectivity index (χ2n) is 4.35. The minimum absolute atomic E-state index is 0.0232.